The highest BCUT2D eigenvalue weighted by Gasteiger charge is 2.28. The predicted molar refractivity (Wildman–Crippen MR) is 126 cm³/mol. The lowest BCUT2D eigenvalue weighted by Crippen LogP contribution is -2.54. The molecule has 0 radical (unpaired) electrons. The summed E-state index contributed by atoms with van der Waals surface area (Å²) >= 11 is 0. The molecule has 166 valence electrons. The lowest BCUT2D eigenvalue weighted by atomic mass is 9.88. The van der Waals surface area contributed by atoms with Gasteiger partial charge in [0.15, 0.2) is 5.96 Å². The van der Waals surface area contributed by atoms with Crippen molar-refractivity contribution in [3.63, 3.8) is 0 Å². The highest BCUT2D eigenvalue weighted by molar-refractivity contribution is 14.0. The second-order valence-electron chi connectivity index (χ2n) is 8.18. The van der Waals surface area contributed by atoms with Crippen molar-refractivity contribution in [3.05, 3.63) is 0 Å². The summed E-state index contributed by atoms with van der Waals surface area (Å²) in [4.78, 5) is 32.7. The highest BCUT2D eigenvalue weighted by atomic mass is 127. The van der Waals surface area contributed by atoms with Gasteiger partial charge in [0.2, 0.25) is 11.8 Å². The van der Waals surface area contributed by atoms with Crippen LogP contribution in [0.3, 0.4) is 0 Å². The molecule has 29 heavy (non-hydrogen) atoms. The number of piperazine rings is 1. The minimum absolute atomic E-state index is 0. The Labute approximate surface area is 191 Å². The van der Waals surface area contributed by atoms with Crippen LogP contribution in [0.15, 0.2) is 4.99 Å². The number of guanidine groups is 1. The predicted octanol–water partition coefficient (Wildman–Crippen LogP) is 0.773. The number of amides is 2. The van der Waals surface area contributed by atoms with Crippen LogP contribution in [-0.2, 0) is 9.59 Å². The third-order valence-corrected chi connectivity index (χ3v) is 6.19. The fraction of sp³-hybridized carbons (Fsp3) is 0.850. The number of carbonyl (C=O) groups excluding carboxylic acids is 2. The van der Waals surface area contributed by atoms with E-state index in [0.717, 1.165) is 64.5 Å². The molecule has 1 saturated carbocycles. The van der Waals surface area contributed by atoms with Crippen LogP contribution in [0.5, 0.6) is 0 Å². The van der Waals surface area contributed by atoms with E-state index in [-0.39, 0.29) is 41.8 Å². The molecule has 3 fully saturated rings. The van der Waals surface area contributed by atoms with E-state index in [0.29, 0.717) is 18.9 Å². The first-order valence-electron chi connectivity index (χ1n) is 10.9. The lowest BCUT2D eigenvalue weighted by molar-refractivity contribution is -0.138. The second kappa shape index (κ2) is 12.6. The minimum Gasteiger partial charge on any atom is -0.355 e. The Bertz CT molecular complexity index is 549. The molecule has 3 aliphatic rings. The lowest BCUT2D eigenvalue weighted by Gasteiger charge is -2.37. The van der Waals surface area contributed by atoms with Crippen LogP contribution in [0.2, 0.25) is 0 Å². The molecule has 0 bridgehead atoms. The van der Waals surface area contributed by atoms with Gasteiger partial charge in [0, 0.05) is 71.2 Å². The normalized spacial score (nSPS) is 24.4. The van der Waals surface area contributed by atoms with E-state index in [9.17, 15) is 9.59 Å². The van der Waals surface area contributed by atoms with Crippen LogP contribution in [0, 0.1) is 5.92 Å². The molecule has 3 rings (SSSR count). The van der Waals surface area contributed by atoms with Crippen molar-refractivity contribution in [1.82, 2.24) is 25.8 Å². The first-order chi connectivity index (χ1) is 13.7. The van der Waals surface area contributed by atoms with Gasteiger partial charge in [-0.1, -0.05) is 19.3 Å². The standard InChI is InChI=1S/C20H36N6O2.HI/c1-21-20(24-17-7-8-18(27)23-15-17)22-9-10-25-11-13-26(14-12-25)19(28)16-5-3-2-4-6-16;/h16-17H,2-15H2,1H3,(H,23,27)(H2,21,22,24);1H. The van der Waals surface area contributed by atoms with Crippen molar-refractivity contribution < 1.29 is 9.59 Å². The van der Waals surface area contributed by atoms with Gasteiger partial charge < -0.3 is 20.9 Å². The highest BCUT2D eigenvalue weighted by Crippen LogP contribution is 2.25. The van der Waals surface area contributed by atoms with Gasteiger partial charge in [-0.15, -0.1) is 24.0 Å². The SMILES string of the molecule is CN=C(NCCN1CCN(C(=O)C2CCCCC2)CC1)NC1CCC(=O)NC1.I. The molecule has 2 heterocycles. The second-order valence-corrected chi connectivity index (χ2v) is 8.18. The zero-order chi connectivity index (χ0) is 19.8. The van der Waals surface area contributed by atoms with E-state index in [2.05, 4.69) is 30.7 Å². The summed E-state index contributed by atoms with van der Waals surface area (Å²) in [6.45, 7) is 6.00. The topological polar surface area (TPSA) is 89.1 Å². The molecule has 1 unspecified atom stereocenters. The molecule has 0 aromatic rings. The zero-order valence-electron chi connectivity index (χ0n) is 17.6. The molecule has 0 aromatic heterocycles. The maximum atomic E-state index is 12.7. The fourth-order valence-corrected chi connectivity index (χ4v) is 4.38. The number of piperidine rings is 1. The van der Waals surface area contributed by atoms with E-state index in [4.69, 9.17) is 0 Å². The molecule has 2 aliphatic heterocycles. The van der Waals surface area contributed by atoms with E-state index in [1.54, 1.807) is 7.05 Å². The first kappa shape index (κ1) is 24.2. The smallest absolute Gasteiger partial charge is 0.225 e. The summed E-state index contributed by atoms with van der Waals surface area (Å²) in [5.74, 6) is 1.58. The van der Waals surface area contributed by atoms with E-state index in [1.165, 1.54) is 19.3 Å². The number of nitrogens with one attached hydrogen (secondary N) is 3. The van der Waals surface area contributed by atoms with E-state index < -0.39 is 0 Å². The van der Waals surface area contributed by atoms with Gasteiger partial charge in [-0.25, -0.2) is 0 Å². The van der Waals surface area contributed by atoms with Crippen LogP contribution < -0.4 is 16.0 Å². The number of carbonyl (C=O) groups is 2. The fourth-order valence-electron chi connectivity index (χ4n) is 4.38. The van der Waals surface area contributed by atoms with Gasteiger partial charge in [-0.3, -0.25) is 19.5 Å². The Hall–Kier alpha value is -1.10. The number of hydrogen-bond donors (Lipinski definition) is 3. The molecule has 2 amide bonds. The minimum atomic E-state index is 0. The summed E-state index contributed by atoms with van der Waals surface area (Å²) in [5.41, 5.74) is 0. The van der Waals surface area contributed by atoms with Crippen molar-refractivity contribution in [1.29, 1.82) is 0 Å². The summed E-state index contributed by atoms with van der Waals surface area (Å²) in [6.07, 6.45) is 7.29. The van der Waals surface area contributed by atoms with Crippen molar-refractivity contribution >= 4 is 41.8 Å². The van der Waals surface area contributed by atoms with Gasteiger partial charge in [0.1, 0.15) is 0 Å². The van der Waals surface area contributed by atoms with E-state index >= 15 is 0 Å². The first-order valence-corrected chi connectivity index (χ1v) is 10.9. The van der Waals surface area contributed by atoms with Crippen LogP contribution in [0.1, 0.15) is 44.9 Å². The third-order valence-electron chi connectivity index (χ3n) is 6.19. The van der Waals surface area contributed by atoms with Crippen LogP contribution in [0.4, 0.5) is 0 Å². The number of rotatable bonds is 5. The summed E-state index contributed by atoms with van der Waals surface area (Å²) < 4.78 is 0. The molecular formula is C20H37IN6O2. The maximum absolute atomic E-state index is 12.7. The van der Waals surface area contributed by atoms with Crippen molar-refractivity contribution in [2.24, 2.45) is 10.9 Å². The molecule has 1 atom stereocenters. The zero-order valence-corrected chi connectivity index (χ0v) is 20.0. The Kier molecular flexibility index (Phi) is 10.5. The van der Waals surface area contributed by atoms with Crippen LogP contribution in [-0.4, -0.2) is 86.5 Å². The largest absolute Gasteiger partial charge is 0.355 e. The summed E-state index contributed by atoms with van der Waals surface area (Å²) in [6, 6.07) is 0.234. The molecular weight excluding hydrogens is 483 g/mol. The molecule has 0 aromatic carbocycles. The molecule has 3 N–H and O–H groups in total. The number of hydrogen-bond acceptors (Lipinski definition) is 4. The average Bonchev–Trinajstić information content (AvgIpc) is 2.75. The van der Waals surface area contributed by atoms with Crippen LogP contribution >= 0.6 is 24.0 Å². The molecule has 2 saturated heterocycles. The van der Waals surface area contributed by atoms with Gasteiger partial charge in [-0.2, -0.15) is 0 Å². The Balaban J connectivity index is 0.00000300. The number of aliphatic imine (C=N–C) groups is 1. The quantitative estimate of drug-likeness (QED) is 0.283. The van der Waals surface area contributed by atoms with Crippen molar-refractivity contribution in [2.75, 3.05) is 52.9 Å². The third kappa shape index (κ3) is 7.58. The molecule has 0 spiro atoms. The van der Waals surface area contributed by atoms with Gasteiger partial charge >= 0.3 is 0 Å². The van der Waals surface area contributed by atoms with Gasteiger partial charge in [0.25, 0.3) is 0 Å². The monoisotopic (exact) mass is 520 g/mol. The van der Waals surface area contributed by atoms with Crippen LogP contribution in [0.25, 0.3) is 0 Å². The Morgan fingerprint density at radius 2 is 1.86 bits per heavy atom. The van der Waals surface area contributed by atoms with Crippen molar-refractivity contribution in [3.8, 4) is 0 Å². The average molecular weight is 520 g/mol. The van der Waals surface area contributed by atoms with Gasteiger partial charge in [0.05, 0.1) is 0 Å². The Morgan fingerprint density at radius 3 is 2.48 bits per heavy atom. The molecule has 8 nitrogen and oxygen atoms in total. The van der Waals surface area contributed by atoms with E-state index in [1.807, 2.05) is 0 Å². The number of nitrogens with zero attached hydrogens (tertiary/aromatic N) is 3. The maximum Gasteiger partial charge on any atom is 0.225 e. The van der Waals surface area contributed by atoms with Gasteiger partial charge in [-0.05, 0) is 19.3 Å². The van der Waals surface area contributed by atoms with Crippen molar-refractivity contribution in [2.45, 2.75) is 51.0 Å². The number of halogens is 1. The molecule has 9 heteroatoms. The Morgan fingerprint density at radius 1 is 1.14 bits per heavy atom. The molecule has 1 aliphatic carbocycles. The summed E-state index contributed by atoms with van der Waals surface area (Å²) in [5, 5.41) is 9.62. The summed E-state index contributed by atoms with van der Waals surface area (Å²) in [7, 11) is 1.77.